The fourth-order valence-electron chi connectivity index (χ4n) is 11.4. The van der Waals surface area contributed by atoms with Gasteiger partial charge >= 0.3 is 12.3 Å². The van der Waals surface area contributed by atoms with Gasteiger partial charge < -0.3 is 29.1 Å². The smallest absolute Gasteiger partial charge is 0.371 e. The maximum atomic E-state index is 11.6. The molecule has 2 aromatic carbocycles. The van der Waals surface area contributed by atoms with Crippen LogP contribution in [-0.4, -0.2) is 66.4 Å². The van der Waals surface area contributed by atoms with Gasteiger partial charge in [-0.3, -0.25) is 0 Å². The molecule has 0 saturated carbocycles. The standard InChI is InChI=1S/C21H26BrN3O.C21H26N6O.2CO2.CH4.71V/c1-3-21-10-6-12-24(14-23)19(21)18-16(9-11-22)15-7-4-5-8-17(15)25(18)20(2,26)13-21;1-3-21-10-6-12-26(14-22)19(21)18-16(9-11-24-25-23)15-7-4-5-8-17(15)27(18)20(2,28)13-21;2*2-1-3;;;;;;;;;;;;;;;;;;;;;;;;;;;;;;;;;;;;;;;;;;;;;;;;;;;;;;;;;;;;;;;;;;;;;;;;/h4-5,7-8,19,26H,3,6,9-13H2,1-2H3;4-5,7-8,19,28H,3,6,9-13H2,1-2H3;;;1H4;;;;;;;;;;;;;;;;;;;;;;;;;;;;;;;;;;;;;;;;;;;;;;;;;;;;;;;;;;;;;;;;;;;;;;;/t2*19-,20-,21+;;;;;;;;;;;;;;;;;;;;;;;;;;;;;;;;;;;;;;;;;;;;;;;;;;;;;;;;;;;;;;;;;;;;;;;;;;/m11........................................................................../s1. The fraction of sp³-hybridized carbons (Fsp3) is 0.556. The number of hydrogen-bond acceptors (Lipinski definition) is 11. The van der Waals surface area contributed by atoms with E-state index in [1.54, 1.807) is 0 Å². The Kier molecular flexibility index (Phi) is 967. The molecular weight excluding hydrogens is 4460 g/mol. The summed E-state index contributed by atoms with van der Waals surface area (Å²) in [7, 11) is 0. The molecule has 0 unspecified atom stereocenters. The maximum Gasteiger partial charge on any atom is 0.373 e. The summed E-state index contributed by atoms with van der Waals surface area (Å²) in [6.45, 7) is 10.1. The number of aromatic nitrogens is 2. The van der Waals surface area contributed by atoms with Gasteiger partial charge in [-0.05, 0) is 94.0 Å². The van der Waals surface area contributed by atoms with E-state index < -0.39 is 11.4 Å². The van der Waals surface area contributed by atoms with E-state index in [1.165, 1.54) is 10.9 Å². The van der Waals surface area contributed by atoms with Crippen molar-refractivity contribution in [1.29, 1.82) is 10.5 Å². The zero-order valence-corrected chi connectivity index (χ0v) is 167. The average Bonchev–Trinajstić information content (AvgIpc) is 1.59. The van der Waals surface area contributed by atoms with Crippen LogP contribution in [0.15, 0.2) is 53.6 Å². The van der Waals surface area contributed by atoms with Crippen molar-refractivity contribution >= 4 is 50.0 Å². The van der Waals surface area contributed by atoms with Gasteiger partial charge in [0.25, 0.3) is 0 Å². The molecule has 4 aromatic rings. The molecule has 2 N–H and O–H groups in total. The van der Waals surface area contributed by atoms with E-state index >= 15 is 0 Å². The summed E-state index contributed by atoms with van der Waals surface area (Å²) in [5, 5.41) is 49.8. The summed E-state index contributed by atoms with van der Waals surface area (Å²) in [4.78, 5) is 39.3. The molecule has 0 spiro atoms. The largest absolute Gasteiger partial charge is 0.373 e. The number of nitrogens with zero attached hydrogens (tertiary/aromatic N) is 9. The molecule has 0 aliphatic carbocycles. The van der Waals surface area contributed by atoms with Crippen LogP contribution in [0.5, 0.6) is 0 Å². The van der Waals surface area contributed by atoms with E-state index in [-0.39, 0.29) is 1360 Å². The Morgan fingerprint density at radius 3 is 0.712 bits per heavy atom. The van der Waals surface area contributed by atoms with Gasteiger partial charge in [-0.25, -0.2) is 0 Å². The van der Waals surface area contributed by atoms with Crippen molar-refractivity contribution in [2.75, 3.05) is 25.0 Å². The SMILES string of the molecule is C.CC[C@@]12CCCN(C#N)[C@@H]1c1c(CCBr)c3ccccc3n1[C@](C)(O)C2.CC[C@@]12CCCN(C#N)[C@@H]1c1c(CCN=[N+]=[N-])c3ccccc3n1[C@](C)(O)C2.O=C=O.O=C=O.[V].[V].[V].[V].[V].[V].[V].[V].[V].[V].[V].[V].[V].[V].[V].[V].[V].[V].[V].[V].[V].[V].[V].[V].[V].[V].[V].[V].[V].[V].[V].[V].[V].[V].[V].[V].[V].[V].[V].[V].[V].[V].[V].[V].[V].[V].[V].[V].[V].[V].[V].[V].[V].[V].[V].[V].[V].[V].[V].[V].[V].[V].[V].[V].[V].[V].[V].[V].[V].[V].[V]. The molecule has 71 radical (unpaired) electrons. The van der Waals surface area contributed by atoms with E-state index in [4.69, 9.17) is 24.7 Å². The van der Waals surface area contributed by atoms with Crippen LogP contribution >= 0.6 is 15.9 Å². The molecule has 2 fully saturated rings. The number of nitriles is 2. The van der Waals surface area contributed by atoms with Crippen LogP contribution in [0.3, 0.4) is 0 Å². The fourth-order valence-corrected chi connectivity index (χ4v) is 11.8. The second kappa shape index (κ2) is 272. The normalized spacial score (nSPS) is 12.3. The Morgan fingerprint density at radius 1 is 0.364 bits per heavy atom. The van der Waals surface area contributed by atoms with E-state index in [2.05, 4.69) is 81.0 Å². The molecule has 132 heavy (non-hydrogen) atoms. The van der Waals surface area contributed by atoms with Gasteiger partial charge in [0.1, 0.15) is 11.4 Å². The minimum absolute atomic E-state index is 0. The minimum Gasteiger partial charge on any atom is -0.371 e. The second-order valence-corrected chi connectivity index (χ2v) is 17.4. The number of alkyl halides is 1. The van der Waals surface area contributed by atoms with E-state index in [9.17, 15) is 20.7 Å². The van der Waals surface area contributed by atoms with Gasteiger partial charge in [-0.2, -0.15) is 29.7 Å². The number of benzene rings is 2. The predicted octanol–water partition coefficient (Wildman–Crippen LogP) is 8.53. The molecule has 6 atom stereocenters. The van der Waals surface area contributed by atoms with Crippen molar-refractivity contribution in [3.63, 3.8) is 0 Å². The topological polar surface area (TPSA) is 221 Å². The van der Waals surface area contributed by atoms with Crippen molar-refractivity contribution in [2.24, 2.45) is 15.9 Å². The predicted molar refractivity (Wildman–Crippen MR) is 231 cm³/mol. The maximum absolute atomic E-state index is 11.6. The number of aliphatic hydroxyl groups is 2. The number of carbonyl (C=O) groups excluding carboxylic acids is 4. The van der Waals surface area contributed by atoms with Gasteiger partial charge in [0, 0.05) is 1390 Å². The Hall–Kier alpha value is 36.1. The minimum atomic E-state index is -1.03. The quantitative estimate of drug-likeness (QED) is 0.0590. The van der Waals surface area contributed by atoms with Crippen molar-refractivity contribution in [2.45, 2.75) is 123 Å². The van der Waals surface area contributed by atoms with Crippen LogP contribution in [0, 0.1) is 33.7 Å². The Balaban J connectivity index is -0.00000000584. The number of aryl methyl sites for hydroxylation is 1. The molecular formula is C45H56BrN9O6V71. The molecule has 2 aromatic heterocycles. The number of likely N-dealkylation sites (tertiary alicyclic amines) is 2. The molecule has 6 heterocycles. The third-order valence-electron chi connectivity index (χ3n) is 13.4. The molecule has 4 aliphatic rings. The van der Waals surface area contributed by atoms with Crippen molar-refractivity contribution in [3.8, 4) is 12.4 Å². The first-order valence-corrected chi connectivity index (χ1v) is 21.5. The third kappa shape index (κ3) is 149. The summed E-state index contributed by atoms with van der Waals surface area (Å²) >= 11 is 3.61. The molecule has 4 aliphatic heterocycles. The molecule has 15 nitrogen and oxygen atoms in total. The van der Waals surface area contributed by atoms with Crippen molar-refractivity contribution in [3.05, 3.63) is 81.5 Å². The second-order valence-electron chi connectivity index (χ2n) is 16.6. The molecule has 2 saturated heterocycles. The first kappa shape index (κ1) is 468. The number of fused-ring (bicyclic) bond motifs is 10. The molecule has 8 rings (SSSR count). The van der Waals surface area contributed by atoms with E-state index in [0.29, 0.717) is 25.8 Å². The number of piperidine rings is 2. The summed E-state index contributed by atoms with van der Waals surface area (Å²) in [5.74, 6) is 0. The van der Waals surface area contributed by atoms with Crippen LogP contribution in [-0.2, 0) is 1360 Å². The van der Waals surface area contributed by atoms with E-state index in [1.807, 2.05) is 52.5 Å². The first-order chi connectivity index (χ1) is 28.8. The molecule has 0 bridgehead atoms. The van der Waals surface area contributed by atoms with Crippen molar-refractivity contribution in [1.82, 2.24) is 18.9 Å². The van der Waals surface area contributed by atoms with Crippen LogP contribution in [0.4, 0.5) is 0 Å². The molecule has 679 valence electrons. The summed E-state index contributed by atoms with van der Waals surface area (Å²) < 4.78 is 4.18. The van der Waals surface area contributed by atoms with Crippen LogP contribution in [0.1, 0.15) is 121 Å². The number of halogens is 1. The Bertz CT molecular complexity index is 2510. The summed E-state index contributed by atoms with van der Waals surface area (Å²) in [6, 6.07) is 16.4. The van der Waals surface area contributed by atoms with Crippen molar-refractivity contribution < 1.29 is 1350 Å². The first-order valence-electron chi connectivity index (χ1n) is 20.4. The monoisotopic (exact) mass is 4510 g/mol. The number of azide groups is 1. The third-order valence-corrected chi connectivity index (χ3v) is 13.8. The average molecular weight is 4520 g/mol. The Labute approximate surface area is 1640 Å². The van der Waals surface area contributed by atoms with Gasteiger partial charge in [-0.15, -0.1) is 0 Å². The zero-order chi connectivity index (χ0) is 43.9. The van der Waals surface area contributed by atoms with Crippen LogP contribution in [0.2, 0.25) is 0 Å². The Morgan fingerprint density at radius 2 is 0.545 bits per heavy atom. The van der Waals surface area contributed by atoms with Crippen LogP contribution in [0.25, 0.3) is 32.2 Å². The van der Waals surface area contributed by atoms with Gasteiger partial charge in [0.2, 0.25) is 0 Å². The van der Waals surface area contributed by atoms with Gasteiger partial charge in [-0.1, -0.05) is 78.7 Å². The molecule has 87 heteroatoms. The van der Waals surface area contributed by atoms with Crippen LogP contribution < -0.4 is 0 Å². The molecule has 0 amide bonds. The van der Waals surface area contributed by atoms with Gasteiger partial charge in [0.05, 0.1) is 23.1 Å². The number of rotatable bonds is 7. The number of para-hydroxylation sites is 2. The summed E-state index contributed by atoms with van der Waals surface area (Å²) in [5.41, 5.74) is 13.2. The van der Waals surface area contributed by atoms with E-state index in [0.717, 1.165) is 96.7 Å². The number of hydrogen-bond donors (Lipinski definition) is 2. The summed E-state index contributed by atoms with van der Waals surface area (Å²) in [6.07, 6.45) is 14.1. The zero-order valence-electron chi connectivity index (χ0n) is 66.4. The van der Waals surface area contributed by atoms with Gasteiger partial charge in [0.15, 0.2) is 12.4 Å².